The van der Waals surface area contributed by atoms with Crippen LogP contribution < -0.4 is 0 Å². The maximum absolute atomic E-state index is 10.4. The largest absolute Gasteiger partial charge is 0.393 e. The normalized spacial score (nSPS) is 16.7. The van der Waals surface area contributed by atoms with Gasteiger partial charge in [0.2, 0.25) is 0 Å². The summed E-state index contributed by atoms with van der Waals surface area (Å²) in [7, 11) is 0. The van der Waals surface area contributed by atoms with E-state index in [0.29, 0.717) is 12.7 Å². The standard InChI is InChI=1S/C9H18O4/c1-8(2,6-10)13-5-4-9(3,12)7-11/h6,11-12H,4-5,7H2,1-3H3. The van der Waals surface area contributed by atoms with Crippen molar-refractivity contribution in [1.82, 2.24) is 0 Å². The first-order chi connectivity index (χ1) is 5.83. The second-order valence-electron chi connectivity index (χ2n) is 3.97. The molecular formula is C9H18O4. The molecule has 2 N–H and O–H groups in total. The molecule has 1 atom stereocenters. The van der Waals surface area contributed by atoms with Crippen LogP contribution in [0.1, 0.15) is 27.2 Å². The van der Waals surface area contributed by atoms with E-state index in [9.17, 15) is 9.90 Å². The highest BCUT2D eigenvalue weighted by atomic mass is 16.5. The highest BCUT2D eigenvalue weighted by Gasteiger charge is 2.22. The second kappa shape index (κ2) is 4.69. The number of carbonyl (C=O) groups excluding carboxylic acids is 1. The smallest absolute Gasteiger partial charge is 0.151 e. The second-order valence-corrected chi connectivity index (χ2v) is 3.97. The molecule has 78 valence electrons. The van der Waals surface area contributed by atoms with Gasteiger partial charge in [0, 0.05) is 6.42 Å². The average Bonchev–Trinajstić information content (AvgIpc) is 2.04. The Morgan fingerprint density at radius 2 is 1.92 bits per heavy atom. The Bertz CT molecular complexity index is 163. The maximum atomic E-state index is 10.4. The number of hydrogen-bond acceptors (Lipinski definition) is 4. The first-order valence-corrected chi connectivity index (χ1v) is 4.26. The summed E-state index contributed by atoms with van der Waals surface area (Å²) in [6, 6.07) is 0. The van der Waals surface area contributed by atoms with Crippen LogP contribution in [-0.2, 0) is 9.53 Å². The fraction of sp³-hybridized carbons (Fsp3) is 0.889. The van der Waals surface area contributed by atoms with E-state index in [-0.39, 0.29) is 13.2 Å². The molecule has 0 radical (unpaired) electrons. The minimum atomic E-state index is -1.13. The molecule has 0 bridgehead atoms. The quantitative estimate of drug-likeness (QED) is 0.583. The fourth-order valence-corrected chi connectivity index (χ4v) is 0.647. The zero-order valence-electron chi connectivity index (χ0n) is 8.41. The Hall–Kier alpha value is -0.450. The predicted molar refractivity (Wildman–Crippen MR) is 48.4 cm³/mol. The van der Waals surface area contributed by atoms with Crippen molar-refractivity contribution in [2.24, 2.45) is 0 Å². The van der Waals surface area contributed by atoms with Gasteiger partial charge in [0.25, 0.3) is 0 Å². The van der Waals surface area contributed by atoms with Crippen molar-refractivity contribution in [3.63, 3.8) is 0 Å². The van der Waals surface area contributed by atoms with E-state index >= 15 is 0 Å². The van der Waals surface area contributed by atoms with E-state index in [1.807, 2.05) is 0 Å². The summed E-state index contributed by atoms with van der Waals surface area (Å²) in [6.45, 7) is 4.75. The third-order valence-corrected chi connectivity index (χ3v) is 1.74. The van der Waals surface area contributed by atoms with Crippen molar-refractivity contribution in [2.45, 2.75) is 38.4 Å². The molecule has 0 aromatic rings. The lowest BCUT2D eigenvalue weighted by Gasteiger charge is -2.23. The van der Waals surface area contributed by atoms with Crippen molar-refractivity contribution < 1.29 is 19.7 Å². The number of aliphatic hydroxyl groups is 2. The molecule has 0 fully saturated rings. The van der Waals surface area contributed by atoms with E-state index in [2.05, 4.69) is 0 Å². The molecule has 0 saturated carbocycles. The molecule has 0 aromatic carbocycles. The van der Waals surface area contributed by atoms with E-state index in [0.717, 1.165) is 0 Å². The summed E-state index contributed by atoms with van der Waals surface area (Å²) < 4.78 is 5.18. The Morgan fingerprint density at radius 3 is 2.31 bits per heavy atom. The van der Waals surface area contributed by atoms with Crippen LogP contribution in [0.25, 0.3) is 0 Å². The van der Waals surface area contributed by atoms with Gasteiger partial charge in [0.15, 0.2) is 6.29 Å². The van der Waals surface area contributed by atoms with E-state index in [4.69, 9.17) is 9.84 Å². The van der Waals surface area contributed by atoms with Crippen LogP contribution in [-0.4, -0.2) is 40.9 Å². The summed E-state index contributed by atoms with van der Waals surface area (Å²) in [5.74, 6) is 0. The number of ether oxygens (including phenoxy) is 1. The number of aldehydes is 1. The topological polar surface area (TPSA) is 66.8 Å². The number of aliphatic hydroxyl groups excluding tert-OH is 1. The lowest BCUT2D eigenvalue weighted by Crippen LogP contribution is -2.33. The van der Waals surface area contributed by atoms with Gasteiger partial charge < -0.3 is 19.7 Å². The molecule has 0 aromatic heterocycles. The van der Waals surface area contributed by atoms with Crippen molar-refractivity contribution in [1.29, 1.82) is 0 Å². The van der Waals surface area contributed by atoms with E-state index in [1.54, 1.807) is 13.8 Å². The zero-order valence-corrected chi connectivity index (χ0v) is 8.41. The highest BCUT2D eigenvalue weighted by molar-refractivity contribution is 5.60. The van der Waals surface area contributed by atoms with Crippen LogP contribution in [0.4, 0.5) is 0 Å². The van der Waals surface area contributed by atoms with Crippen LogP contribution >= 0.6 is 0 Å². The molecule has 0 saturated heterocycles. The van der Waals surface area contributed by atoms with Gasteiger partial charge in [-0.05, 0) is 20.8 Å². The van der Waals surface area contributed by atoms with Gasteiger partial charge in [-0.1, -0.05) is 0 Å². The molecule has 13 heavy (non-hydrogen) atoms. The minimum absolute atomic E-state index is 0.249. The van der Waals surface area contributed by atoms with Crippen molar-refractivity contribution in [3.8, 4) is 0 Å². The van der Waals surface area contributed by atoms with E-state index in [1.165, 1.54) is 6.92 Å². The van der Waals surface area contributed by atoms with Crippen molar-refractivity contribution in [2.75, 3.05) is 13.2 Å². The molecule has 0 heterocycles. The van der Waals surface area contributed by atoms with Gasteiger partial charge >= 0.3 is 0 Å². The lowest BCUT2D eigenvalue weighted by atomic mass is 10.0. The van der Waals surface area contributed by atoms with Crippen molar-refractivity contribution in [3.05, 3.63) is 0 Å². The van der Waals surface area contributed by atoms with Gasteiger partial charge in [-0.25, -0.2) is 0 Å². The predicted octanol–water partition coefficient (Wildman–Crippen LogP) is 0.114. The molecule has 0 spiro atoms. The zero-order chi connectivity index (χ0) is 10.5. The molecule has 0 aliphatic heterocycles. The fourth-order valence-electron chi connectivity index (χ4n) is 0.647. The molecule has 0 rings (SSSR count). The highest BCUT2D eigenvalue weighted by Crippen LogP contribution is 2.11. The number of rotatable bonds is 6. The van der Waals surface area contributed by atoms with Gasteiger partial charge in [0.1, 0.15) is 5.60 Å². The SMILES string of the molecule is CC(O)(CO)CCOC(C)(C)C=O. The molecule has 4 heteroatoms. The van der Waals surface area contributed by atoms with Crippen LogP contribution in [0.2, 0.25) is 0 Å². The summed E-state index contributed by atoms with van der Waals surface area (Å²) in [5, 5.41) is 18.1. The molecule has 0 aliphatic carbocycles. The molecule has 0 aliphatic rings. The molecule has 4 nitrogen and oxygen atoms in total. The Balaban J connectivity index is 3.74. The summed E-state index contributed by atoms with van der Waals surface area (Å²) >= 11 is 0. The minimum Gasteiger partial charge on any atom is -0.393 e. The molecule has 1 unspecified atom stereocenters. The third kappa shape index (κ3) is 5.74. The van der Waals surface area contributed by atoms with Gasteiger partial charge in [-0.3, -0.25) is 0 Å². The van der Waals surface area contributed by atoms with Crippen LogP contribution in [0.5, 0.6) is 0 Å². The Morgan fingerprint density at radius 1 is 1.38 bits per heavy atom. The molecule has 0 amide bonds. The van der Waals surface area contributed by atoms with E-state index < -0.39 is 11.2 Å². The summed E-state index contributed by atoms with van der Waals surface area (Å²) in [6.07, 6.45) is 1.02. The Labute approximate surface area is 78.5 Å². The maximum Gasteiger partial charge on any atom is 0.151 e. The first-order valence-electron chi connectivity index (χ1n) is 4.26. The third-order valence-electron chi connectivity index (χ3n) is 1.74. The number of carbonyl (C=O) groups is 1. The van der Waals surface area contributed by atoms with Gasteiger partial charge in [-0.2, -0.15) is 0 Å². The van der Waals surface area contributed by atoms with Crippen LogP contribution in [0, 0.1) is 0 Å². The molecular weight excluding hydrogens is 172 g/mol. The van der Waals surface area contributed by atoms with Crippen molar-refractivity contribution >= 4 is 6.29 Å². The Kier molecular flexibility index (Phi) is 4.53. The average molecular weight is 190 g/mol. The summed E-state index contributed by atoms with van der Waals surface area (Å²) in [4.78, 5) is 10.4. The number of hydrogen-bond donors (Lipinski definition) is 2. The summed E-state index contributed by atoms with van der Waals surface area (Å²) in [5.41, 5.74) is -1.94. The monoisotopic (exact) mass is 190 g/mol. The van der Waals surface area contributed by atoms with Crippen LogP contribution in [0.3, 0.4) is 0 Å². The van der Waals surface area contributed by atoms with Gasteiger partial charge in [0.05, 0.1) is 18.8 Å². The van der Waals surface area contributed by atoms with Crippen LogP contribution in [0.15, 0.2) is 0 Å². The van der Waals surface area contributed by atoms with Gasteiger partial charge in [-0.15, -0.1) is 0 Å². The first kappa shape index (κ1) is 12.6. The lowest BCUT2D eigenvalue weighted by molar-refractivity contribution is -0.129.